The third-order valence-corrected chi connectivity index (χ3v) is 3.52. The molecule has 0 aliphatic heterocycles. The van der Waals surface area contributed by atoms with Crippen molar-refractivity contribution in [1.29, 1.82) is 0 Å². The summed E-state index contributed by atoms with van der Waals surface area (Å²) in [6.45, 7) is 2.19. The van der Waals surface area contributed by atoms with Gasteiger partial charge in [-0.2, -0.15) is 0 Å². The number of nitrogens with zero attached hydrogens (tertiary/aromatic N) is 1. The Morgan fingerprint density at radius 1 is 1.24 bits per heavy atom. The largest absolute Gasteiger partial charge is 0.480 e. The van der Waals surface area contributed by atoms with Gasteiger partial charge in [-0.05, 0) is 37.0 Å². The van der Waals surface area contributed by atoms with Crippen LogP contribution < -0.4 is 5.32 Å². The number of benzene rings is 1. The quantitative estimate of drug-likeness (QED) is 0.769. The monoisotopic (exact) mass is 290 g/mol. The first kappa shape index (κ1) is 15.5. The van der Waals surface area contributed by atoms with Crippen LogP contribution in [0.1, 0.15) is 31.7 Å². The van der Waals surface area contributed by atoms with E-state index in [1.54, 1.807) is 4.90 Å². The van der Waals surface area contributed by atoms with Crippen LogP contribution in [0.2, 0.25) is 0 Å². The molecule has 0 bridgehead atoms. The fraction of sp³-hybridized carbons (Fsp3) is 0.500. The number of carboxylic acid groups (broad SMARTS) is 1. The molecule has 1 aromatic carbocycles. The molecular weight excluding hydrogens is 268 g/mol. The Morgan fingerprint density at radius 2 is 1.90 bits per heavy atom. The molecule has 0 unspecified atom stereocenters. The van der Waals surface area contributed by atoms with Gasteiger partial charge in [0, 0.05) is 11.7 Å². The summed E-state index contributed by atoms with van der Waals surface area (Å²) in [7, 11) is 0. The Bertz CT molecular complexity index is 495. The summed E-state index contributed by atoms with van der Waals surface area (Å²) < 4.78 is 0. The number of hydrogen-bond donors (Lipinski definition) is 2. The van der Waals surface area contributed by atoms with E-state index in [0.29, 0.717) is 0 Å². The molecule has 1 aliphatic rings. The number of aliphatic carboxylic acids is 1. The smallest absolute Gasteiger partial charge is 0.317 e. The van der Waals surface area contributed by atoms with E-state index >= 15 is 0 Å². The summed E-state index contributed by atoms with van der Waals surface area (Å²) in [5, 5.41) is 11.7. The molecule has 1 saturated carbocycles. The maximum absolute atomic E-state index is 12.0. The number of rotatable bonds is 8. The average molecular weight is 290 g/mol. The number of carboxylic acids is 1. The third-order valence-electron chi connectivity index (χ3n) is 3.52. The van der Waals surface area contributed by atoms with E-state index in [0.717, 1.165) is 31.4 Å². The standard InChI is InChI=1S/C16H22N2O3/c1-2-3-12-4-6-13(7-5-12)17-15(19)10-18(11-16(20)21)14-8-9-14/h4-7,14H,2-3,8-11H2,1H3,(H,17,19)(H,20,21). The van der Waals surface area contributed by atoms with Crippen molar-refractivity contribution in [3.8, 4) is 0 Å². The van der Waals surface area contributed by atoms with Gasteiger partial charge in [0.2, 0.25) is 5.91 Å². The summed E-state index contributed by atoms with van der Waals surface area (Å²) in [4.78, 5) is 24.5. The van der Waals surface area contributed by atoms with Crippen molar-refractivity contribution in [3.63, 3.8) is 0 Å². The van der Waals surface area contributed by atoms with Gasteiger partial charge in [0.05, 0.1) is 13.1 Å². The molecule has 114 valence electrons. The molecular formula is C16H22N2O3. The highest BCUT2D eigenvalue weighted by Gasteiger charge is 2.31. The van der Waals surface area contributed by atoms with E-state index in [2.05, 4.69) is 12.2 Å². The van der Waals surface area contributed by atoms with E-state index in [1.165, 1.54) is 5.56 Å². The number of amides is 1. The minimum absolute atomic E-state index is 0.0759. The highest BCUT2D eigenvalue weighted by Crippen LogP contribution is 2.26. The van der Waals surface area contributed by atoms with Crippen LogP contribution in [0, 0.1) is 0 Å². The van der Waals surface area contributed by atoms with Crippen LogP contribution in [0.5, 0.6) is 0 Å². The van der Waals surface area contributed by atoms with Crippen LogP contribution in [-0.4, -0.2) is 41.0 Å². The maximum atomic E-state index is 12.0. The SMILES string of the molecule is CCCc1ccc(NC(=O)CN(CC(=O)O)C2CC2)cc1. The zero-order valence-corrected chi connectivity index (χ0v) is 12.3. The normalized spacial score (nSPS) is 14.2. The third kappa shape index (κ3) is 5.19. The van der Waals surface area contributed by atoms with Gasteiger partial charge in [0.25, 0.3) is 0 Å². The van der Waals surface area contributed by atoms with Crippen molar-refractivity contribution in [3.05, 3.63) is 29.8 Å². The Balaban J connectivity index is 1.86. The number of anilines is 1. The Labute approximate surface area is 125 Å². The second kappa shape index (κ2) is 7.22. The lowest BCUT2D eigenvalue weighted by atomic mass is 10.1. The minimum Gasteiger partial charge on any atom is -0.480 e. The van der Waals surface area contributed by atoms with Crippen molar-refractivity contribution in [2.45, 2.75) is 38.6 Å². The van der Waals surface area contributed by atoms with E-state index in [4.69, 9.17) is 5.11 Å². The highest BCUT2D eigenvalue weighted by atomic mass is 16.4. The number of aryl methyl sites for hydroxylation is 1. The molecule has 2 rings (SSSR count). The minimum atomic E-state index is -0.890. The van der Waals surface area contributed by atoms with Crippen LogP contribution in [0.4, 0.5) is 5.69 Å². The zero-order chi connectivity index (χ0) is 15.2. The molecule has 0 heterocycles. The van der Waals surface area contributed by atoms with Gasteiger partial charge in [0.1, 0.15) is 0 Å². The van der Waals surface area contributed by atoms with Crippen LogP contribution in [0.3, 0.4) is 0 Å². The Hall–Kier alpha value is -1.88. The zero-order valence-electron chi connectivity index (χ0n) is 12.3. The summed E-state index contributed by atoms with van der Waals surface area (Å²) in [6, 6.07) is 8.05. The highest BCUT2D eigenvalue weighted by molar-refractivity contribution is 5.92. The molecule has 0 atom stereocenters. The Kier molecular flexibility index (Phi) is 5.33. The van der Waals surface area contributed by atoms with E-state index in [9.17, 15) is 9.59 Å². The Morgan fingerprint density at radius 3 is 2.43 bits per heavy atom. The second-order valence-electron chi connectivity index (χ2n) is 5.52. The lowest BCUT2D eigenvalue weighted by Crippen LogP contribution is -2.38. The number of carbonyl (C=O) groups excluding carboxylic acids is 1. The average Bonchev–Trinajstić information content (AvgIpc) is 3.24. The molecule has 2 N–H and O–H groups in total. The molecule has 0 radical (unpaired) electrons. The second-order valence-corrected chi connectivity index (χ2v) is 5.52. The molecule has 0 saturated heterocycles. The predicted octanol–water partition coefficient (Wildman–Crippen LogP) is 2.13. The summed E-state index contributed by atoms with van der Waals surface area (Å²) >= 11 is 0. The van der Waals surface area contributed by atoms with Gasteiger partial charge in [-0.3, -0.25) is 14.5 Å². The first-order chi connectivity index (χ1) is 10.1. The van der Waals surface area contributed by atoms with Gasteiger partial charge in [0.15, 0.2) is 0 Å². The van der Waals surface area contributed by atoms with Gasteiger partial charge >= 0.3 is 5.97 Å². The van der Waals surface area contributed by atoms with Crippen LogP contribution in [-0.2, 0) is 16.0 Å². The fourth-order valence-corrected chi connectivity index (χ4v) is 2.36. The van der Waals surface area contributed by atoms with Crippen molar-refractivity contribution in [1.82, 2.24) is 4.90 Å². The maximum Gasteiger partial charge on any atom is 0.317 e. The van der Waals surface area contributed by atoms with Crippen molar-refractivity contribution in [2.75, 3.05) is 18.4 Å². The first-order valence-corrected chi connectivity index (χ1v) is 7.43. The molecule has 0 spiro atoms. The van der Waals surface area contributed by atoms with E-state index in [-0.39, 0.29) is 25.0 Å². The number of hydrogen-bond acceptors (Lipinski definition) is 3. The first-order valence-electron chi connectivity index (χ1n) is 7.43. The summed E-state index contributed by atoms with van der Waals surface area (Å²) in [5.74, 6) is -1.05. The summed E-state index contributed by atoms with van der Waals surface area (Å²) in [5.41, 5.74) is 2.01. The van der Waals surface area contributed by atoms with Gasteiger partial charge in [-0.1, -0.05) is 25.5 Å². The predicted molar refractivity (Wildman–Crippen MR) is 81.3 cm³/mol. The lowest BCUT2D eigenvalue weighted by molar-refractivity contribution is -0.138. The van der Waals surface area contributed by atoms with Crippen molar-refractivity contribution >= 4 is 17.6 Å². The molecule has 1 aliphatic carbocycles. The van der Waals surface area contributed by atoms with Crippen LogP contribution in [0.25, 0.3) is 0 Å². The number of nitrogens with one attached hydrogen (secondary N) is 1. The lowest BCUT2D eigenvalue weighted by Gasteiger charge is -2.19. The topological polar surface area (TPSA) is 69.6 Å². The molecule has 0 aromatic heterocycles. The van der Waals surface area contributed by atoms with E-state index in [1.807, 2.05) is 24.3 Å². The van der Waals surface area contributed by atoms with Gasteiger partial charge in [-0.25, -0.2) is 0 Å². The van der Waals surface area contributed by atoms with Gasteiger partial charge in [-0.15, -0.1) is 0 Å². The van der Waals surface area contributed by atoms with Gasteiger partial charge < -0.3 is 10.4 Å². The van der Waals surface area contributed by atoms with Crippen LogP contribution in [0.15, 0.2) is 24.3 Å². The van der Waals surface area contributed by atoms with Crippen molar-refractivity contribution < 1.29 is 14.7 Å². The molecule has 5 heteroatoms. The van der Waals surface area contributed by atoms with Crippen LogP contribution >= 0.6 is 0 Å². The van der Waals surface area contributed by atoms with Crippen molar-refractivity contribution in [2.24, 2.45) is 0 Å². The fourth-order valence-electron chi connectivity index (χ4n) is 2.36. The molecule has 1 aromatic rings. The summed E-state index contributed by atoms with van der Waals surface area (Å²) in [6.07, 6.45) is 4.08. The number of carbonyl (C=O) groups is 2. The van der Waals surface area contributed by atoms with E-state index < -0.39 is 5.97 Å². The molecule has 1 fully saturated rings. The molecule has 21 heavy (non-hydrogen) atoms. The molecule has 5 nitrogen and oxygen atoms in total. The molecule has 1 amide bonds.